The lowest BCUT2D eigenvalue weighted by Crippen LogP contribution is -2.27. The molecule has 18 heavy (non-hydrogen) atoms. The van der Waals surface area contributed by atoms with Crippen molar-refractivity contribution in [1.29, 1.82) is 0 Å². The summed E-state index contributed by atoms with van der Waals surface area (Å²) in [5, 5.41) is 0. The lowest BCUT2D eigenvalue weighted by molar-refractivity contribution is -0.112. The van der Waals surface area contributed by atoms with Gasteiger partial charge in [0.1, 0.15) is 0 Å². The van der Waals surface area contributed by atoms with Gasteiger partial charge in [0.15, 0.2) is 5.78 Å². The van der Waals surface area contributed by atoms with Crippen molar-refractivity contribution >= 4 is 5.78 Å². The molecule has 0 fully saturated rings. The van der Waals surface area contributed by atoms with E-state index in [1.807, 2.05) is 0 Å². The Labute approximate surface area is 110 Å². The Hall–Kier alpha value is -1.37. The molecule has 1 nitrogen and oxygen atoms in total. The van der Waals surface area contributed by atoms with Crippen molar-refractivity contribution in [2.75, 3.05) is 0 Å². The van der Waals surface area contributed by atoms with E-state index in [2.05, 4.69) is 38.1 Å². The van der Waals surface area contributed by atoms with E-state index in [0.717, 1.165) is 6.42 Å². The van der Waals surface area contributed by atoms with Gasteiger partial charge in [0.05, 0.1) is 0 Å². The van der Waals surface area contributed by atoms with Crippen molar-refractivity contribution in [2.45, 2.75) is 51.9 Å². The second-order valence-electron chi connectivity index (χ2n) is 5.85. The highest BCUT2D eigenvalue weighted by molar-refractivity contribution is 5.87. The van der Waals surface area contributed by atoms with E-state index in [4.69, 9.17) is 0 Å². The Kier molecular flexibility index (Phi) is 3.70. The fraction of sp³-hybridized carbons (Fsp3) is 0.471. The molecule has 0 aliphatic heterocycles. The zero-order chi connectivity index (χ0) is 13.2. The molecule has 0 radical (unpaired) electrons. The highest BCUT2D eigenvalue weighted by atomic mass is 16.1. The Morgan fingerprint density at radius 1 is 1.33 bits per heavy atom. The van der Waals surface area contributed by atoms with Crippen molar-refractivity contribution in [1.82, 2.24) is 0 Å². The first kappa shape index (κ1) is 13.1. The summed E-state index contributed by atoms with van der Waals surface area (Å²) in [5.74, 6) is 0.153. The van der Waals surface area contributed by atoms with Gasteiger partial charge in [-0.1, -0.05) is 36.8 Å². The zero-order valence-electron chi connectivity index (χ0n) is 11.6. The number of carbonyl (C=O) groups is 1. The topological polar surface area (TPSA) is 17.1 Å². The van der Waals surface area contributed by atoms with Crippen molar-refractivity contribution in [3.63, 3.8) is 0 Å². The van der Waals surface area contributed by atoms with E-state index < -0.39 is 0 Å². The Morgan fingerprint density at radius 3 is 2.78 bits per heavy atom. The van der Waals surface area contributed by atoms with Crippen LogP contribution in [0.15, 0.2) is 35.9 Å². The maximum absolute atomic E-state index is 11.2. The van der Waals surface area contributed by atoms with Gasteiger partial charge in [-0.05, 0) is 62.1 Å². The predicted molar refractivity (Wildman–Crippen MR) is 75.8 cm³/mol. The fourth-order valence-electron chi connectivity index (χ4n) is 3.33. The van der Waals surface area contributed by atoms with Crippen LogP contribution >= 0.6 is 0 Å². The van der Waals surface area contributed by atoms with Gasteiger partial charge in [0.25, 0.3) is 0 Å². The number of hydrogen-bond acceptors (Lipinski definition) is 1. The number of aryl methyl sites for hydroxylation is 1. The predicted octanol–water partition coefficient (Wildman–Crippen LogP) is 4.21. The maximum atomic E-state index is 11.2. The minimum absolute atomic E-state index is 0.153. The number of benzene rings is 1. The molecule has 0 heterocycles. The molecule has 0 saturated carbocycles. The van der Waals surface area contributed by atoms with Gasteiger partial charge in [-0.25, -0.2) is 0 Å². The summed E-state index contributed by atoms with van der Waals surface area (Å²) in [7, 11) is 0. The summed E-state index contributed by atoms with van der Waals surface area (Å²) in [4.78, 5) is 11.2. The lowest BCUT2D eigenvalue weighted by atomic mass is 9.68. The van der Waals surface area contributed by atoms with Gasteiger partial charge in [-0.3, -0.25) is 4.79 Å². The third-order valence-electron chi connectivity index (χ3n) is 3.96. The van der Waals surface area contributed by atoms with Crippen molar-refractivity contribution in [3.8, 4) is 0 Å². The van der Waals surface area contributed by atoms with Crippen molar-refractivity contribution in [3.05, 3.63) is 47.0 Å². The summed E-state index contributed by atoms with van der Waals surface area (Å²) < 4.78 is 0. The summed E-state index contributed by atoms with van der Waals surface area (Å²) >= 11 is 0. The zero-order valence-corrected chi connectivity index (χ0v) is 11.6. The molecule has 0 saturated heterocycles. The minimum atomic E-state index is 0.153. The van der Waals surface area contributed by atoms with E-state index in [1.54, 1.807) is 13.0 Å². The maximum Gasteiger partial charge on any atom is 0.152 e. The van der Waals surface area contributed by atoms with Crippen LogP contribution < -0.4 is 0 Å². The number of ketones is 1. The smallest absolute Gasteiger partial charge is 0.152 e. The first-order valence-corrected chi connectivity index (χ1v) is 6.77. The van der Waals surface area contributed by atoms with Crippen LogP contribution in [0.2, 0.25) is 0 Å². The first-order chi connectivity index (χ1) is 8.51. The van der Waals surface area contributed by atoms with Gasteiger partial charge in [-0.2, -0.15) is 0 Å². The molecule has 0 spiro atoms. The Balaban J connectivity index is 2.30. The summed E-state index contributed by atoms with van der Waals surface area (Å²) in [6.07, 6.45) is 6.43. The summed E-state index contributed by atoms with van der Waals surface area (Å²) in [6.45, 7) is 6.03. The summed E-state index contributed by atoms with van der Waals surface area (Å²) in [6, 6.07) is 8.77. The second kappa shape index (κ2) is 5.09. The average Bonchev–Trinajstić information content (AvgIpc) is 2.28. The Morgan fingerprint density at radius 2 is 2.06 bits per heavy atom. The van der Waals surface area contributed by atoms with Crippen LogP contribution in [0.25, 0.3) is 0 Å². The lowest BCUT2D eigenvalue weighted by Gasteiger charge is -2.36. The molecule has 2 rings (SSSR count). The van der Waals surface area contributed by atoms with Gasteiger partial charge < -0.3 is 0 Å². The molecule has 1 atom stereocenters. The van der Waals surface area contributed by atoms with Gasteiger partial charge in [0, 0.05) is 0 Å². The molecule has 1 aromatic carbocycles. The van der Waals surface area contributed by atoms with Crippen LogP contribution in [-0.2, 0) is 16.6 Å². The van der Waals surface area contributed by atoms with E-state index >= 15 is 0 Å². The van der Waals surface area contributed by atoms with Gasteiger partial charge >= 0.3 is 0 Å². The monoisotopic (exact) mass is 242 g/mol. The molecular weight excluding hydrogens is 220 g/mol. The van der Waals surface area contributed by atoms with E-state index in [1.165, 1.54) is 36.0 Å². The number of rotatable bonds is 3. The number of allylic oxidation sites excluding steroid dienone is 2. The third-order valence-corrected chi connectivity index (χ3v) is 3.96. The molecule has 0 N–H and O–H groups in total. The van der Waals surface area contributed by atoms with Gasteiger partial charge in [0.2, 0.25) is 0 Å². The molecule has 96 valence electrons. The highest BCUT2D eigenvalue weighted by Gasteiger charge is 2.31. The molecule has 1 aliphatic carbocycles. The van der Waals surface area contributed by atoms with E-state index in [9.17, 15) is 4.79 Å². The Bertz CT molecular complexity index is 484. The van der Waals surface area contributed by atoms with Crippen LogP contribution in [0, 0.1) is 0 Å². The fourth-order valence-corrected chi connectivity index (χ4v) is 3.33. The molecule has 0 amide bonds. The normalized spacial score (nSPS) is 23.6. The molecule has 1 aromatic rings. The van der Waals surface area contributed by atoms with E-state index in [0.29, 0.717) is 0 Å². The highest BCUT2D eigenvalue weighted by Crippen LogP contribution is 2.41. The molecule has 1 unspecified atom stereocenters. The largest absolute Gasteiger partial charge is 0.295 e. The van der Waals surface area contributed by atoms with Crippen LogP contribution in [-0.4, -0.2) is 5.78 Å². The second-order valence-corrected chi connectivity index (χ2v) is 5.85. The molecular formula is C17H22O. The standard InChI is InChI=1S/C17H22O/c1-13(11-14(2)18)12-17(3)10-6-8-15-7-4-5-9-16(15)17/h4-5,7,9,11H,6,8,10,12H2,1-3H3/b13-11-. The van der Waals surface area contributed by atoms with Crippen molar-refractivity contribution in [2.24, 2.45) is 0 Å². The number of carbonyl (C=O) groups excluding carboxylic acids is 1. The molecule has 0 aromatic heterocycles. The van der Waals surface area contributed by atoms with Crippen LogP contribution in [0.3, 0.4) is 0 Å². The SMILES string of the molecule is CC(=O)/C=C(/C)CC1(C)CCCc2ccccc21. The van der Waals surface area contributed by atoms with Gasteiger partial charge in [-0.15, -0.1) is 0 Å². The minimum Gasteiger partial charge on any atom is -0.295 e. The quantitative estimate of drug-likeness (QED) is 0.726. The molecule has 1 heteroatoms. The third kappa shape index (κ3) is 2.72. The van der Waals surface area contributed by atoms with E-state index in [-0.39, 0.29) is 11.2 Å². The first-order valence-electron chi connectivity index (χ1n) is 6.77. The van der Waals surface area contributed by atoms with Crippen LogP contribution in [0.4, 0.5) is 0 Å². The molecule has 1 aliphatic rings. The average molecular weight is 242 g/mol. The molecule has 0 bridgehead atoms. The number of hydrogen-bond donors (Lipinski definition) is 0. The van der Waals surface area contributed by atoms with Crippen LogP contribution in [0.5, 0.6) is 0 Å². The van der Waals surface area contributed by atoms with Crippen molar-refractivity contribution < 1.29 is 4.79 Å². The summed E-state index contributed by atoms with van der Waals surface area (Å²) in [5.41, 5.74) is 4.36. The number of fused-ring (bicyclic) bond motifs is 1. The van der Waals surface area contributed by atoms with Crippen LogP contribution in [0.1, 0.15) is 51.2 Å².